The van der Waals surface area contributed by atoms with Crippen molar-refractivity contribution in [2.45, 2.75) is 13.8 Å². The average Bonchev–Trinajstić information content (AvgIpc) is 2.02. The van der Waals surface area contributed by atoms with Crippen molar-refractivity contribution in [1.29, 1.82) is 0 Å². The van der Waals surface area contributed by atoms with E-state index in [0.717, 1.165) is 0 Å². The van der Waals surface area contributed by atoms with Gasteiger partial charge in [-0.1, -0.05) is 11.6 Å². The van der Waals surface area contributed by atoms with Crippen LogP contribution >= 0.6 is 23.2 Å². The highest BCUT2D eigenvalue weighted by Crippen LogP contribution is 2.03. The third kappa shape index (κ3) is 4.62. The lowest BCUT2D eigenvalue weighted by molar-refractivity contribution is -0.569. The van der Waals surface area contributed by atoms with Crippen LogP contribution in [0.3, 0.4) is 0 Å². The number of allylic oxidation sites excluding steroid dienone is 1. The Labute approximate surface area is 112 Å². The van der Waals surface area contributed by atoms with Gasteiger partial charge in [0.25, 0.3) is 0 Å². The van der Waals surface area contributed by atoms with Crippen molar-refractivity contribution >= 4 is 29.4 Å². The molecule has 0 atom stereocenters. The Hall–Kier alpha value is 0.200. The van der Waals surface area contributed by atoms with Gasteiger partial charge in [-0.05, 0) is 19.9 Å². The lowest BCUT2D eigenvalue weighted by Gasteiger charge is -1.94. The smallest absolute Gasteiger partial charge is 0.190 e. The van der Waals surface area contributed by atoms with Crippen molar-refractivity contribution in [3.05, 3.63) is 34.6 Å². The van der Waals surface area contributed by atoms with Crippen LogP contribution in [0, 0.1) is 13.8 Å². The van der Waals surface area contributed by atoms with E-state index >= 15 is 0 Å². The van der Waals surface area contributed by atoms with E-state index in [0.29, 0.717) is 10.9 Å². The molecule has 0 saturated heterocycles. The molecule has 1 heterocycles. The zero-order valence-corrected chi connectivity index (χ0v) is 11.8. The van der Waals surface area contributed by atoms with Gasteiger partial charge in [-0.2, -0.15) is 4.57 Å². The molecule has 0 aromatic carbocycles. The fraction of sp³-hybridized carbons (Fsp3) is 0.300. The number of halogens is 3. The number of hydrogen-bond donors (Lipinski definition) is 0. The molecule has 78 valence electrons. The molecule has 1 aromatic rings. The van der Waals surface area contributed by atoms with Gasteiger partial charge in [-0.15, -0.1) is 11.6 Å². The van der Waals surface area contributed by atoms with Crippen molar-refractivity contribution in [3.8, 4) is 0 Å². The summed E-state index contributed by atoms with van der Waals surface area (Å²) in [7, 11) is 0. The van der Waals surface area contributed by atoms with Crippen LogP contribution in [0.2, 0.25) is 0 Å². The molecule has 0 aliphatic heterocycles. The Morgan fingerprint density at radius 2 is 1.86 bits per heavy atom. The van der Waals surface area contributed by atoms with Crippen molar-refractivity contribution in [2.75, 3.05) is 5.88 Å². The van der Waals surface area contributed by atoms with Gasteiger partial charge in [-0.25, -0.2) is 0 Å². The van der Waals surface area contributed by atoms with Gasteiger partial charge >= 0.3 is 0 Å². The maximum Gasteiger partial charge on any atom is 0.190 e. The highest BCUT2D eigenvalue weighted by atomic mass is 127. The minimum absolute atomic E-state index is 0. The molecule has 0 radical (unpaired) electrons. The van der Waals surface area contributed by atoms with Crippen LogP contribution in [0.1, 0.15) is 11.1 Å². The Morgan fingerprint density at radius 1 is 1.36 bits per heavy atom. The number of rotatable bonds is 2. The average molecular weight is 344 g/mol. The monoisotopic (exact) mass is 343 g/mol. The second kappa shape index (κ2) is 6.64. The minimum atomic E-state index is 0. The number of aryl methyl sites for hydroxylation is 2. The highest BCUT2D eigenvalue weighted by molar-refractivity contribution is 6.36. The van der Waals surface area contributed by atoms with E-state index in [2.05, 4.69) is 6.07 Å². The van der Waals surface area contributed by atoms with Gasteiger partial charge in [0.15, 0.2) is 18.6 Å². The lowest BCUT2D eigenvalue weighted by Crippen LogP contribution is -3.00. The van der Waals surface area contributed by atoms with Crippen LogP contribution in [0.4, 0.5) is 0 Å². The van der Waals surface area contributed by atoms with Gasteiger partial charge in [0.05, 0.1) is 10.9 Å². The van der Waals surface area contributed by atoms with E-state index in [4.69, 9.17) is 23.2 Å². The number of pyridine rings is 1. The molecule has 0 spiro atoms. The Morgan fingerprint density at radius 3 is 2.29 bits per heavy atom. The summed E-state index contributed by atoms with van der Waals surface area (Å²) >= 11 is 11.4. The summed E-state index contributed by atoms with van der Waals surface area (Å²) in [6, 6.07) is 2.11. The molecule has 14 heavy (non-hydrogen) atoms. The summed E-state index contributed by atoms with van der Waals surface area (Å²) in [6.07, 6.45) is 5.82. The third-order valence-corrected chi connectivity index (χ3v) is 2.23. The maximum absolute atomic E-state index is 5.81. The third-order valence-electron chi connectivity index (χ3n) is 1.58. The molecule has 4 heteroatoms. The van der Waals surface area contributed by atoms with E-state index < -0.39 is 0 Å². The first-order valence-corrected chi connectivity index (χ1v) is 4.94. The van der Waals surface area contributed by atoms with Crippen LogP contribution in [-0.4, -0.2) is 5.88 Å². The van der Waals surface area contributed by atoms with Crippen LogP contribution < -0.4 is 28.5 Å². The normalized spacial score (nSPS) is 11.0. The minimum Gasteiger partial charge on any atom is -1.00 e. The molecular weight excluding hydrogens is 332 g/mol. The van der Waals surface area contributed by atoms with Gasteiger partial charge in [0.2, 0.25) is 0 Å². The lowest BCUT2D eigenvalue weighted by atomic mass is 10.2. The summed E-state index contributed by atoms with van der Waals surface area (Å²) < 4.78 is 1.93. The molecule has 0 amide bonds. The van der Waals surface area contributed by atoms with E-state index in [1.54, 1.807) is 0 Å². The fourth-order valence-electron chi connectivity index (χ4n) is 1.21. The van der Waals surface area contributed by atoms with E-state index in [-0.39, 0.29) is 24.0 Å². The summed E-state index contributed by atoms with van der Waals surface area (Å²) in [5.41, 5.74) is 2.41. The quantitative estimate of drug-likeness (QED) is 0.400. The Bertz CT molecular complexity index is 317. The van der Waals surface area contributed by atoms with Crippen LogP contribution in [0.25, 0.3) is 6.20 Å². The maximum atomic E-state index is 5.81. The van der Waals surface area contributed by atoms with E-state index in [1.165, 1.54) is 11.1 Å². The van der Waals surface area contributed by atoms with Crippen molar-refractivity contribution in [3.63, 3.8) is 0 Å². The molecule has 0 saturated carbocycles. The van der Waals surface area contributed by atoms with Crippen molar-refractivity contribution in [2.24, 2.45) is 0 Å². The van der Waals surface area contributed by atoms with Gasteiger partial charge < -0.3 is 24.0 Å². The first kappa shape index (κ1) is 14.2. The largest absolute Gasteiger partial charge is 1.00 e. The Balaban J connectivity index is 0.00000169. The predicted octanol–water partition coefficient (Wildman–Crippen LogP) is -0.129. The topological polar surface area (TPSA) is 3.88 Å². The molecule has 0 aliphatic carbocycles. The number of alkyl halides is 1. The first-order valence-electron chi connectivity index (χ1n) is 4.03. The second-order valence-corrected chi connectivity index (χ2v) is 3.80. The predicted molar refractivity (Wildman–Crippen MR) is 57.0 cm³/mol. The molecule has 0 unspecified atom stereocenters. The molecule has 0 fully saturated rings. The zero-order valence-electron chi connectivity index (χ0n) is 8.10. The van der Waals surface area contributed by atoms with Gasteiger partial charge in [0, 0.05) is 11.1 Å². The molecule has 0 N–H and O–H groups in total. The van der Waals surface area contributed by atoms with Gasteiger partial charge in [-0.3, -0.25) is 0 Å². The van der Waals surface area contributed by atoms with E-state index in [9.17, 15) is 0 Å². The molecule has 1 rings (SSSR count). The van der Waals surface area contributed by atoms with Crippen molar-refractivity contribution in [1.82, 2.24) is 0 Å². The highest BCUT2D eigenvalue weighted by Gasteiger charge is 2.01. The summed E-state index contributed by atoms with van der Waals surface area (Å²) in [6.45, 7) is 4.10. The number of hydrogen-bond acceptors (Lipinski definition) is 0. The molecule has 1 aromatic heterocycles. The first-order chi connectivity index (χ1) is 6.11. The fourth-order valence-corrected chi connectivity index (χ4v) is 1.39. The summed E-state index contributed by atoms with van der Waals surface area (Å²) in [5.74, 6) is 0.349. The Kier molecular flexibility index (Phi) is 6.74. The SMILES string of the molecule is Cc1cc(C)c[n+](C=C(Cl)CCl)c1.[I-]. The summed E-state index contributed by atoms with van der Waals surface area (Å²) in [5, 5.41) is 0.636. The number of nitrogens with zero attached hydrogens (tertiary/aromatic N) is 1. The molecule has 0 bridgehead atoms. The van der Waals surface area contributed by atoms with Crippen LogP contribution in [-0.2, 0) is 0 Å². The van der Waals surface area contributed by atoms with Gasteiger partial charge in [0.1, 0.15) is 0 Å². The standard InChI is InChI=1S/C10H12Cl2N.HI/c1-8-3-9(2)6-13(5-8)7-10(12)4-11;/h3,5-7H,4H2,1-2H3;1H/q+1;/p-1. The number of aromatic nitrogens is 1. The second-order valence-electron chi connectivity index (χ2n) is 3.05. The molecular formula is C10H12Cl2IN. The summed E-state index contributed by atoms with van der Waals surface area (Å²) in [4.78, 5) is 0. The molecule has 0 aliphatic rings. The molecule has 1 nitrogen and oxygen atoms in total. The van der Waals surface area contributed by atoms with Crippen LogP contribution in [0.5, 0.6) is 0 Å². The van der Waals surface area contributed by atoms with Crippen LogP contribution in [0.15, 0.2) is 23.5 Å². The van der Waals surface area contributed by atoms with Crippen molar-refractivity contribution < 1.29 is 28.5 Å². The van der Waals surface area contributed by atoms with E-state index in [1.807, 2.05) is 37.0 Å². The zero-order chi connectivity index (χ0) is 9.84.